The van der Waals surface area contributed by atoms with E-state index in [2.05, 4.69) is 10.1 Å². The van der Waals surface area contributed by atoms with Crippen LogP contribution < -0.4 is 14.8 Å². The number of hydrogen-bond donors (Lipinski definition) is 2. The van der Waals surface area contributed by atoms with Gasteiger partial charge >= 0.3 is 18.0 Å². The van der Waals surface area contributed by atoms with Crippen LogP contribution in [0.3, 0.4) is 0 Å². The summed E-state index contributed by atoms with van der Waals surface area (Å²) in [6.45, 7) is 1.36. The van der Waals surface area contributed by atoms with Gasteiger partial charge < -0.3 is 29.1 Å². The molecule has 1 fully saturated rings. The van der Waals surface area contributed by atoms with Gasteiger partial charge in [-0.1, -0.05) is 6.07 Å². The highest BCUT2D eigenvalue weighted by Gasteiger charge is 2.34. The first kappa shape index (κ1) is 22.4. The average molecular weight is 444 g/mol. The van der Waals surface area contributed by atoms with Gasteiger partial charge in [-0.15, -0.1) is 0 Å². The van der Waals surface area contributed by atoms with E-state index in [4.69, 9.17) is 19.0 Å². The van der Waals surface area contributed by atoms with Crippen molar-refractivity contribution in [3.8, 4) is 11.5 Å². The summed E-state index contributed by atoms with van der Waals surface area (Å²) in [7, 11) is 1.21. The molecule has 11 heteroatoms. The standard InChI is InChI=1S/C21H20N2O9/c1-3-30-17-9-12(4-6-15(17)31-11-18(24)25)8-14-19(26)23(21(28)22-14)10-13-5-7-16(32-13)20(27)29-2/h4-9H,3,10-11H2,1-2H3,(H,22,28)(H,24,25)/b14-8-. The Bertz CT molecular complexity index is 1090. The van der Waals surface area contributed by atoms with E-state index in [0.717, 1.165) is 4.90 Å². The Labute approximate surface area is 182 Å². The first-order valence-electron chi connectivity index (χ1n) is 9.45. The van der Waals surface area contributed by atoms with E-state index < -0.39 is 30.5 Å². The molecule has 1 aliphatic rings. The molecule has 0 unspecified atom stereocenters. The Morgan fingerprint density at radius 3 is 2.62 bits per heavy atom. The van der Waals surface area contributed by atoms with Gasteiger partial charge in [-0.05, 0) is 42.8 Å². The first-order chi connectivity index (χ1) is 15.3. The number of esters is 1. The van der Waals surface area contributed by atoms with Gasteiger partial charge in [0.2, 0.25) is 5.76 Å². The SMILES string of the molecule is CCOc1cc(/C=C2\NC(=O)N(Cc3ccc(C(=O)OC)o3)C2=O)ccc1OCC(=O)O. The Morgan fingerprint density at radius 2 is 1.94 bits per heavy atom. The van der Waals surface area contributed by atoms with E-state index in [1.54, 1.807) is 19.1 Å². The van der Waals surface area contributed by atoms with Gasteiger partial charge in [-0.2, -0.15) is 0 Å². The quantitative estimate of drug-likeness (QED) is 0.337. The summed E-state index contributed by atoms with van der Waals surface area (Å²) >= 11 is 0. The Kier molecular flexibility index (Phi) is 6.78. The lowest BCUT2D eigenvalue weighted by molar-refractivity contribution is -0.139. The number of ether oxygens (including phenoxy) is 3. The molecule has 168 valence electrons. The van der Waals surface area contributed by atoms with E-state index in [0.29, 0.717) is 17.9 Å². The molecule has 2 aromatic rings. The molecule has 32 heavy (non-hydrogen) atoms. The second kappa shape index (κ2) is 9.69. The van der Waals surface area contributed by atoms with Gasteiger partial charge in [0, 0.05) is 0 Å². The molecule has 3 rings (SSSR count). The Morgan fingerprint density at radius 1 is 1.16 bits per heavy atom. The smallest absolute Gasteiger partial charge is 0.373 e. The molecule has 3 amide bonds. The Balaban J connectivity index is 1.77. The number of imide groups is 1. The normalized spacial score (nSPS) is 14.4. The monoisotopic (exact) mass is 444 g/mol. The molecule has 1 aromatic carbocycles. The molecule has 0 saturated carbocycles. The molecule has 2 heterocycles. The van der Waals surface area contributed by atoms with Crippen LogP contribution in [0.4, 0.5) is 4.79 Å². The van der Waals surface area contributed by atoms with Crippen LogP contribution in [-0.2, 0) is 20.9 Å². The number of nitrogens with zero attached hydrogens (tertiary/aromatic N) is 1. The van der Waals surface area contributed by atoms with Crippen LogP contribution in [0.2, 0.25) is 0 Å². The largest absolute Gasteiger partial charge is 0.490 e. The average Bonchev–Trinajstić information content (AvgIpc) is 3.33. The van der Waals surface area contributed by atoms with Crippen LogP contribution in [0.15, 0.2) is 40.4 Å². The van der Waals surface area contributed by atoms with Crippen molar-refractivity contribution in [3.63, 3.8) is 0 Å². The minimum Gasteiger partial charge on any atom is -0.490 e. The number of rotatable bonds is 9. The van der Waals surface area contributed by atoms with Crippen LogP contribution in [0.1, 0.15) is 28.8 Å². The number of nitrogens with one attached hydrogen (secondary N) is 1. The molecular weight excluding hydrogens is 424 g/mol. The van der Waals surface area contributed by atoms with Gasteiger partial charge in [0.1, 0.15) is 11.5 Å². The van der Waals surface area contributed by atoms with Crippen molar-refractivity contribution in [2.75, 3.05) is 20.3 Å². The highest BCUT2D eigenvalue weighted by Crippen LogP contribution is 2.30. The summed E-state index contributed by atoms with van der Waals surface area (Å²) in [5, 5.41) is 11.3. The number of benzene rings is 1. The lowest BCUT2D eigenvalue weighted by Crippen LogP contribution is -2.30. The molecule has 11 nitrogen and oxygen atoms in total. The molecule has 1 aliphatic heterocycles. The van der Waals surface area contributed by atoms with Crippen LogP contribution in [0, 0.1) is 0 Å². The maximum absolute atomic E-state index is 12.7. The van der Waals surface area contributed by atoms with Crippen LogP contribution in [0.25, 0.3) is 6.08 Å². The zero-order chi connectivity index (χ0) is 23.3. The number of methoxy groups -OCH3 is 1. The molecule has 1 saturated heterocycles. The number of furan rings is 1. The predicted molar refractivity (Wildman–Crippen MR) is 108 cm³/mol. The maximum atomic E-state index is 12.7. The van der Waals surface area contributed by atoms with Crippen molar-refractivity contribution < 1.29 is 42.9 Å². The number of carbonyl (C=O) groups excluding carboxylic acids is 3. The summed E-state index contributed by atoms with van der Waals surface area (Å²) in [6, 6.07) is 6.87. The number of amides is 3. The second-order valence-corrected chi connectivity index (χ2v) is 6.46. The van der Waals surface area contributed by atoms with E-state index in [1.807, 2.05) is 0 Å². The molecule has 0 spiro atoms. The molecule has 0 radical (unpaired) electrons. The number of urea groups is 1. The third-order valence-electron chi connectivity index (χ3n) is 4.25. The zero-order valence-electron chi connectivity index (χ0n) is 17.2. The molecule has 0 aliphatic carbocycles. The van der Waals surface area contributed by atoms with Crippen molar-refractivity contribution in [3.05, 3.63) is 53.1 Å². The number of carbonyl (C=O) groups is 4. The summed E-state index contributed by atoms with van der Waals surface area (Å²) in [5.41, 5.74) is 0.545. The van der Waals surface area contributed by atoms with E-state index in [-0.39, 0.29) is 29.5 Å². The minimum absolute atomic E-state index is 0.0244. The third kappa shape index (κ3) is 5.06. The minimum atomic E-state index is -1.13. The maximum Gasteiger partial charge on any atom is 0.373 e. The fourth-order valence-electron chi connectivity index (χ4n) is 2.85. The van der Waals surface area contributed by atoms with Crippen LogP contribution in [-0.4, -0.2) is 54.2 Å². The highest BCUT2D eigenvalue weighted by atomic mass is 16.5. The van der Waals surface area contributed by atoms with E-state index >= 15 is 0 Å². The van der Waals surface area contributed by atoms with Gasteiger partial charge in [0.05, 0.1) is 20.3 Å². The van der Waals surface area contributed by atoms with Crippen molar-refractivity contribution in [2.24, 2.45) is 0 Å². The molecule has 2 N–H and O–H groups in total. The topological polar surface area (TPSA) is 145 Å². The fraction of sp³-hybridized carbons (Fsp3) is 0.238. The molecule has 0 atom stereocenters. The number of aliphatic carboxylic acids is 1. The van der Waals surface area contributed by atoms with Gasteiger partial charge in [-0.3, -0.25) is 9.69 Å². The number of carboxylic acids is 1. The fourth-order valence-corrected chi connectivity index (χ4v) is 2.85. The molecular formula is C21H20N2O9. The summed E-state index contributed by atoms with van der Waals surface area (Å²) in [5.74, 6) is -1.67. The molecule has 0 bridgehead atoms. The molecule has 1 aromatic heterocycles. The second-order valence-electron chi connectivity index (χ2n) is 6.46. The number of hydrogen-bond acceptors (Lipinski definition) is 8. The lowest BCUT2D eigenvalue weighted by Gasteiger charge is -2.11. The lowest BCUT2D eigenvalue weighted by atomic mass is 10.1. The van der Waals surface area contributed by atoms with E-state index in [1.165, 1.54) is 31.4 Å². The van der Waals surface area contributed by atoms with Gasteiger partial charge in [0.15, 0.2) is 18.1 Å². The predicted octanol–water partition coefficient (Wildman–Crippen LogP) is 2.02. The summed E-state index contributed by atoms with van der Waals surface area (Å²) < 4.78 is 20.5. The van der Waals surface area contributed by atoms with Gasteiger partial charge in [0.25, 0.3) is 5.91 Å². The first-order valence-corrected chi connectivity index (χ1v) is 9.45. The zero-order valence-corrected chi connectivity index (χ0v) is 17.2. The summed E-state index contributed by atoms with van der Waals surface area (Å²) in [4.78, 5) is 48.1. The van der Waals surface area contributed by atoms with Crippen LogP contribution >= 0.6 is 0 Å². The highest BCUT2D eigenvalue weighted by molar-refractivity contribution is 6.13. The summed E-state index contributed by atoms with van der Waals surface area (Å²) in [6.07, 6.45) is 1.45. The Hall–Kier alpha value is -4.28. The van der Waals surface area contributed by atoms with Crippen molar-refractivity contribution in [1.29, 1.82) is 0 Å². The van der Waals surface area contributed by atoms with Gasteiger partial charge in [-0.25, -0.2) is 14.4 Å². The number of carboxylic acid groups (broad SMARTS) is 1. The van der Waals surface area contributed by atoms with Crippen LogP contribution in [0.5, 0.6) is 11.5 Å². The third-order valence-corrected chi connectivity index (χ3v) is 4.25. The van der Waals surface area contributed by atoms with Crippen molar-refractivity contribution in [2.45, 2.75) is 13.5 Å². The van der Waals surface area contributed by atoms with Crippen molar-refractivity contribution in [1.82, 2.24) is 10.2 Å². The van der Waals surface area contributed by atoms with E-state index in [9.17, 15) is 19.2 Å². The van der Waals surface area contributed by atoms with Crippen molar-refractivity contribution >= 4 is 30.0 Å².